The van der Waals surface area contributed by atoms with Crippen molar-refractivity contribution in [2.75, 3.05) is 6.61 Å². The number of benzene rings is 2. The third kappa shape index (κ3) is 6.54. The second-order valence-electron chi connectivity index (χ2n) is 8.24. The highest BCUT2D eigenvalue weighted by atomic mass is 19.1. The molecular weight excluding hydrogens is 395 g/mol. The number of nitrogens with zero attached hydrogens (tertiary/aromatic N) is 1. The number of amides is 2. The van der Waals surface area contributed by atoms with E-state index in [0.717, 1.165) is 31.2 Å². The molecule has 0 aliphatic heterocycles. The smallest absolute Gasteiger partial charge is 0.261 e. The van der Waals surface area contributed by atoms with Gasteiger partial charge in [0.1, 0.15) is 17.6 Å². The molecule has 0 unspecified atom stereocenters. The van der Waals surface area contributed by atoms with Crippen molar-refractivity contribution >= 4 is 11.8 Å². The molecule has 1 aliphatic carbocycles. The van der Waals surface area contributed by atoms with Crippen molar-refractivity contribution in [3.8, 4) is 5.75 Å². The van der Waals surface area contributed by atoms with Crippen LogP contribution in [0.25, 0.3) is 0 Å². The van der Waals surface area contributed by atoms with Crippen LogP contribution in [0.15, 0.2) is 48.5 Å². The summed E-state index contributed by atoms with van der Waals surface area (Å²) in [6, 6.07) is 13.1. The molecule has 0 saturated heterocycles. The number of hydrogen-bond acceptors (Lipinski definition) is 3. The summed E-state index contributed by atoms with van der Waals surface area (Å²) in [6.45, 7) is 3.40. The summed E-state index contributed by atoms with van der Waals surface area (Å²) in [5.74, 6) is -0.401. The van der Waals surface area contributed by atoms with Crippen LogP contribution in [-0.2, 0) is 16.1 Å². The van der Waals surface area contributed by atoms with Gasteiger partial charge in [-0.3, -0.25) is 9.59 Å². The van der Waals surface area contributed by atoms with Gasteiger partial charge in [-0.25, -0.2) is 4.39 Å². The van der Waals surface area contributed by atoms with Crippen LogP contribution in [0.4, 0.5) is 4.39 Å². The lowest BCUT2D eigenvalue weighted by Crippen LogP contribution is -2.51. The molecule has 0 radical (unpaired) electrons. The van der Waals surface area contributed by atoms with Gasteiger partial charge >= 0.3 is 0 Å². The first-order valence-corrected chi connectivity index (χ1v) is 11.0. The summed E-state index contributed by atoms with van der Waals surface area (Å²) in [5.41, 5.74) is 1.39. The molecular formula is C25H31FN2O3. The van der Waals surface area contributed by atoms with Crippen LogP contribution >= 0.6 is 0 Å². The number of hydrogen-bond donors (Lipinski definition) is 1. The van der Waals surface area contributed by atoms with E-state index in [2.05, 4.69) is 5.32 Å². The van der Waals surface area contributed by atoms with E-state index in [-0.39, 0.29) is 31.0 Å². The van der Waals surface area contributed by atoms with Crippen LogP contribution in [0, 0.1) is 12.7 Å². The van der Waals surface area contributed by atoms with Crippen molar-refractivity contribution in [1.29, 1.82) is 0 Å². The zero-order valence-electron chi connectivity index (χ0n) is 18.3. The zero-order valence-corrected chi connectivity index (χ0v) is 18.3. The van der Waals surface area contributed by atoms with E-state index in [4.69, 9.17) is 4.74 Å². The highest BCUT2D eigenvalue weighted by Gasteiger charge is 2.29. The molecule has 2 amide bonds. The van der Waals surface area contributed by atoms with Crippen molar-refractivity contribution in [2.45, 2.75) is 64.6 Å². The molecule has 0 spiro atoms. The second-order valence-corrected chi connectivity index (χ2v) is 8.24. The predicted octanol–water partition coefficient (Wildman–Crippen LogP) is 4.38. The fraction of sp³-hybridized carbons (Fsp3) is 0.440. The highest BCUT2D eigenvalue weighted by molar-refractivity contribution is 5.88. The monoisotopic (exact) mass is 426 g/mol. The van der Waals surface area contributed by atoms with Crippen LogP contribution in [0.3, 0.4) is 0 Å². The molecule has 1 aliphatic rings. The Morgan fingerprint density at radius 1 is 1.13 bits per heavy atom. The van der Waals surface area contributed by atoms with Crippen LogP contribution in [0.5, 0.6) is 5.75 Å². The summed E-state index contributed by atoms with van der Waals surface area (Å²) in [6.07, 6.45) is 5.30. The number of halogens is 1. The van der Waals surface area contributed by atoms with Gasteiger partial charge in [-0.1, -0.05) is 49.6 Å². The Labute approximate surface area is 183 Å². The quantitative estimate of drug-likeness (QED) is 0.682. The maximum atomic E-state index is 14.3. The number of carbonyl (C=O) groups is 2. The molecule has 2 aromatic rings. The van der Waals surface area contributed by atoms with Gasteiger partial charge in [0.05, 0.1) is 0 Å². The number of aryl methyl sites for hydroxylation is 1. The van der Waals surface area contributed by atoms with Gasteiger partial charge in [-0.05, 0) is 50.5 Å². The van der Waals surface area contributed by atoms with Crippen LogP contribution < -0.4 is 10.1 Å². The molecule has 1 N–H and O–H groups in total. The number of carbonyl (C=O) groups excluding carboxylic acids is 2. The van der Waals surface area contributed by atoms with E-state index in [1.54, 1.807) is 31.2 Å². The number of nitrogens with one attached hydrogen (secondary N) is 1. The lowest BCUT2D eigenvalue weighted by atomic mass is 9.95. The maximum Gasteiger partial charge on any atom is 0.261 e. The van der Waals surface area contributed by atoms with Crippen molar-refractivity contribution in [1.82, 2.24) is 10.2 Å². The Morgan fingerprint density at radius 2 is 1.87 bits per heavy atom. The first-order chi connectivity index (χ1) is 14.9. The molecule has 1 saturated carbocycles. The average Bonchev–Trinajstić information content (AvgIpc) is 2.77. The Morgan fingerprint density at radius 3 is 2.58 bits per heavy atom. The molecule has 166 valence electrons. The summed E-state index contributed by atoms with van der Waals surface area (Å²) in [4.78, 5) is 27.4. The van der Waals surface area contributed by atoms with Crippen LogP contribution in [-0.4, -0.2) is 35.4 Å². The van der Waals surface area contributed by atoms with Crippen molar-refractivity contribution in [3.63, 3.8) is 0 Å². The Kier molecular flexibility index (Phi) is 8.04. The lowest BCUT2D eigenvalue weighted by Gasteiger charge is -2.31. The first kappa shape index (κ1) is 22.8. The van der Waals surface area contributed by atoms with Gasteiger partial charge in [0.25, 0.3) is 5.91 Å². The number of ether oxygens (including phenoxy) is 1. The lowest BCUT2D eigenvalue weighted by molar-refractivity contribution is -0.142. The van der Waals surface area contributed by atoms with Crippen molar-refractivity contribution in [2.24, 2.45) is 0 Å². The fourth-order valence-electron chi connectivity index (χ4n) is 3.89. The van der Waals surface area contributed by atoms with E-state index in [1.165, 1.54) is 17.4 Å². The van der Waals surface area contributed by atoms with E-state index in [1.807, 2.05) is 25.1 Å². The topological polar surface area (TPSA) is 58.6 Å². The molecule has 0 bridgehead atoms. The normalized spacial score (nSPS) is 15.2. The largest absolute Gasteiger partial charge is 0.484 e. The molecule has 1 fully saturated rings. The Bertz CT molecular complexity index is 896. The van der Waals surface area contributed by atoms with Gasteiger partial charge in [-0.2, -0.15) is 0 Å². The summed E-state index contributed by atoms with van der Waals surface area (Å²) >= 11 is 0. The van der Waals surface area contributed by atoms with Crippen LogP contribution in [0.2, 0.25) is 0 Å². The molecule has 0 heterocycles. The summed E-state index contributed by atoms with van der Waals surface area (Å²) in [7, 11) is 0. The Hall–Kier alpha value is -2.89. The third-order valence-electron chi connectivity index (χ3n) is 5.77. The molecule has 6 heteroatoms. The molecule has 31 heavy (non-hydrogen) atoms. The minimum Gasteiger partial charge on any atom is -0.484 e. The summed E-state index contributed by atoms with van der Waals surface area (Å²) in [5, 5.41) is 3.07. The standard InChI is InChI=1S/C25H31FN2O3/c1-18-9-8-13-22(15-18)31-17-24(29)28(16-20-10-6-7-14-23(20)26)19(2)25(30)27-21-11-4-3-5-12-21/h6-10,13-15,19,21H,3-5,11-12,16-17H2,1-2H3,(H,27,30)/t19-/m1/s1. The van der Waals surface area contributed by atoms with E-state index >= 15 is 0 Å². The van der Waals surface area contributed by atoms with E-state index in [9.17, 15) is 14.0 Å². The van der Waals surface area contributed by atoms with Gasteiger partial charge in [0.2, 0.25) is 5.91 Å². The molecule has 2 aromatic carbocycles. The molecule has 3 rings (SSSR count). The Balaban J connectivity index is 1.72. The van der Waals surface area contributed by atoms with E-state index < -0.39 is 11.9 Å². The van der Waals surface area contributed by atoms with Gasteiger partial charge in [0, 0.05) is 18.2 Å². The second kappa shape index (κ2) is 10.9. The minimum absolute atomic E-state index is 0.00192. The van der Waals surface area contributed by atoms with Gasteiger partial charge in [-0.15, -0.1) is 0 Å². The predicted molar refractivity (Wildman–Crippen MR) is 118 cm³/mol. The van der Waals surface area contributed by atoms with Crippen LogP contribution in [0.1, 0.15) is 50.2 Å². The SMILES string of the molecule is Cc1cccc(OCC(=O)N(Cc2ccccc2F)[C@H](C)C(=O)NC2CCCCC2)c1. The van der Waals surface area contributed by atoms with E-state index in [0.29, 0.717) is 11.3 Å². The first-order valence-electron chi connectivity index (χ1n) is 11.0. The molecule has 5 nitrogen and oxygen atoms in total. The highest BCUT2D eigenvalue weighted by Crippen LogP contribution is 2.19. The van der Waals surface area contributed by atoms with Crippen molar-refractivity contribution in [3.05, 3.63) is 65.5 Å². The number of rotatable bonds is 8. The third-order valence-corrected chi connectivity index (χ3v) is 5.77. The minimum atomic E-state index is -0.741. The molecule has 0 aromatic heterocycles. The average molecular weight is 427 g/mol. The maximum absolute atomic E-state index is 14.3. The summed E-state index contributed by atoms with van der Waals surface area (Å²) < 4.78 is 19.9. The fourth-order valence-corrected chi connectivity index (χ4v) is 3.89. The van der Waals surface area contributed by atoms with Crippen molar-refractivity contribution < 1.29 is 18.7 Å². The zero-order chi connectivity index (χ0) is 22.2. The molecule has 1 atom stereocenters. The van der Waals surface area contributed by atoms with Gasteiger partial charge in [0.15, 0.2) is 6.61 Å². The van der Waals surface area contributed by atoms with Gasteiger partial charge < -0.3 is 15.0 Å².